The minimum absolute atomic E-state index is 0.0430. The first-order valence-electron chi connectivity index (χ1n) is 10.4. The van der Waals surface area contributed by atoms with Gasteiger partial charge in [0.2, 0.25) is 0 Å². The smallest absolute Gasteiger partial charge is 0.407 e. The molecule has 3 rings (SSSR count). The van der Waals surface area contributed by atoms with Crippen LogP contribution in [0.5, 0.6) is 0 Å². The molecule has 1 saturated carbocycles. The normalized spacial score (nSPS) is 29.1. The minimum atomic E-state index is -0.814. The van der Waals surface area contributed by atoms with Gasteiger partial charge in [-0.3, -0.25) is 9.69 Å². The fourth-order valence-corrected chi connectivity index (χ4v) is 5.04. The van der Waals surface area contributed by atoms with Gasteiger partial charge >= 0.3 is 12.1 Å². The fourth-order valence-electron chi connectivity index (χ4n) is 5.04. The molecule has 1 saturated heterocycles. The lowest BCUT2D eigenvalue weighted by molar-refractivity contribution is -0.149. The van der Waals surface area contributed by atoms with Crippen molar-refractivity contribution in [1.82, 2.24) is 9.80 Å². The van der Waals surface area contributed by atoms with Gasteiger partial charge < -0.3 is 14.7 Å². The maximum atomic E-state index is 12.7. The van der Waals surface area contributed by atoms with E-state index in [-0.39, 0.29) is 12.0 Å². The van der Waals surface area contributed by atoms with Gasteiger partial charge in [-0.25, -0.2) is 4.79 Å². The van der Waals surface area contributed by atoms with E-state index in [0.717, 1.165) is 57.2 Å². The molecule has 0 radical (unpaired) electrons. The van der Waals surface area contributed by atoms with Crippen LogP contribution in [-0.4, -0.2) is 65.8 Å². The summed E-state index contributed by atoms with van der Waals surface area (Å²) >= 11 is 0. The van der Waals surface area contributed by atoms with Crippen molar-refractivity contribution in [3.8, 4) is 0 Å². The quantitative estimate of drug-likeness (QED) is 0.800. The molecule has 0 spiro atoms. The lowest BCUT2D eigenvalue weighted by Gasteiger charge is -2.42. The largest absolute Gasteiger partial charge is 0.468 e. The molecule has 0 aromatic heterocycles. The second kappa shape index (κ2) is 8.95. The van der Waals surface area contributed by atoms with Crippen LogP contribution in [0.2, 0.25) is 0 Å². The van der Waals surface area contributed by atoms with Gasteiger partial charge in [0.05, 0.1) is 12.5 Å². The molecule has 1 aliphatic heterocycles. The van der Waals surface area contributed by atoms with Crippen LogP contribution < -0.4 is 0 Å². The average molecular weight is 389 g/mol. The Kier molecular flexibility index (Phi) is 6.60. The summed E-state index contributed by atoms with van der Waals surface area (Å²) in [6.45, 7) is 4.36. The monoisotopic (exact) mass is 388 g/mol. The van der Waals surface area contributed by atoms with Gasteiger partial charge in [0.1, 0.15) is 0 Å². The Morgan fingerprint density at radius 3 is 2.43 bits per heavy atom. The molecule has 28 heavy (non-hydrogen) atoms. The average Bonchev–Trinajstić information content (AvgIpc) is 2.96. The number of rotatable bonds is 4. The Labute approximate surface area is 167 Å². The third-order valence-electron chi connectivity index (χ3n) is 6.67. The van der Waals surface area contributed by atoms with E-state index in [9.17, 15) is 14.7 Å². The first kappa shape index (κ1) is 20.6. The second-order valence-corrected chi connectivity index (χ2v) is 8.06. The number of carboxylic acid groups (broad SMARTS) is 1. The number of carbonyl (C=O) groups excluding carboxylic acids is 1. The number of amides is 1. The van der Waals surface area contributed by atoms with Gasteiger partial charge in [-0.2, -0.15) is 0 Å². The maximum Gasteiger partial charge on any atom is 0.407 e. The molecule has 2 fully saturated rings. The van der Waals surface area contributed by atoms with Gasteiger partial charge in [-0.05, 0) is 44.1 Å². The molecule has 0 bridgehead atoms. The summed E-state index contributed by atoms with van der Waals surface area (Å²) in [4.78, 5) is 28.4. The van der Waals surface area contributed by atoms with E-state index in [0.29, 0.717) is 12.6 Å². The highest BCUT2D eigenvalue weighted by Crippen LogP contribution is 2.42. The van der Waals surface area contributed by atoms with Gasteiger partial charge in [0.25, 0.3) is 0 Å². The topological polar surface area (TPSA) is 70.1 Å². The van der Waals surface area contributed by atoms with Crippen molar-refractivity contribution in [2.75, 3.05) is 26.7 Å². The molecular weight excluding hydrogens is 356 g/mol. The summed E-state index contributed by atoms with van der Waals surface area (Å²) in [7, 11) is 1.47. The molecule has 6 heteroatoms. The lowest BCUT2D eigenvalue weighted by atomic mass is 9.68. The molecule has 1 N–H and O–H groups in total. The molecular formula is C22H32N2O4. The van der Waals surface area contributed by atoms with Crippen LogP contribution in [-0.2, 0) is 14.9 Å². The zero-order valence-corrected chi connectivity index (χ0v) is 17.0. The number of hydrogen-bond donors (Lipinski definition) is 1. The molecule has 1 aromatic carbocycles. The summed E-state index contributed by atoms with van der Waals surface area (Å²) in [5.74, 6) is -0.142. The Morgan fingerprint density at radius 2 is 1.86 bits per heavy atom. The number of methoxy groups -OCH3 is 1. The van der Waals surface area contributed by atoms with Crippen LogP contribution in [0.4, 0.5) is 4.79 Å². The molecule has 1 heterocycles. The van der Waals surface area contributed by atoms with Gasteiger partial charge in [0, 0.05) is 31.7 Å². The summed E-state index contributed by atoms with van der Waals surface area (Å²) in [6.07, 6.45) is 4.26. The predicted molar refractivity (Wildman–Crippen MR) is 107 cm³/mol. The van der Waals surface area contributed by atoms with E-state index in [2.05, 4.69) is 11.8 Å². The molecule has 1 aromatic rings. The van der Waals surface area contributed by atoms with Crippen LogP contribution in [0.25, 0.3) is 0 Å². The maximum absolute atomic E-state index is 12.7. The second-order valence-electron chi connectivity index (χ2n) is 8.06. The van der Waals surface area contributed by atoms with E-state index in [1.54, 1.807) is 4.90 Å². The van der Waals surface area contributed by atoms with Crippen molar-refractivity contribution >= 4 is 12.1 Å². The van der Waals surface area contributed by atoms with Crippen molar-refractivity contribution in [2.24, 2.45) is 0 Å². The van der Waals surface area contributed by atoms with Crippen molar-refractivity contribution in [1.29, 1.82) is 0 Å². The highest BCUT2D eigenvalue weighted by Gasteiger charge is 2.45. The summed E-state index contributed by atoms with van der Waals surface area (Å²) in [6, 6.07) is 10.4. The van der Waals surface area contributed by atoms with Crippen LogP contribution in [0.15, 0.2) is 30.3 Å². The Balaban J connectivity index is 1.73. The van der Waals surface area contributed by atoms with E-state index in [1.165, 1.54) is 7.11 Å². The third-order valence-corrected chi connectivity index (χ3v) is 6.67. The highest BCUT2D eigenvalue weighted by atomic mass is 16.5. The Hall–Kier alpha value is -2.08. The summed E-state index contributed by atoms with van der Waals surface area (Å²) in [5.41, 5.74) is 0.481. The number of nitrogens with zero attached hydrogens (tertiary/aromatic N) is 2. The van der Waals surface area contributed by atoms with Crippen LogP contribution in [0.3, 0.4) is 0 Å². The van der Waals surface area contributed by atoms with E-state index >= 15 is 0 Å². The first-order chi connectivity index (χ1) is 13.5. The van der Waals surface area contributed by atoms with Crippen molar-refractivity contribution in [2.45, 2.75) is 62.9 Å². The van der Waals surface area contributed by atoms with E-state index in [4.69, 9.17) is 4.74 Å². The number of benzene rings is 1. The number of esters is 1. The molecule has 1 unspecified atom stereocenters. The molecule has 1 atom stereocenters. The number of hydrogen-bond acceptors (Lipinski definition) is 4. The lowest BCUT2D eigenvalue weighted by Crippen LogP contribution is -2.49. The number of carbonyl (C=O) groups is 2. The number of ether oxygens (including phenoxy) is 1. The fraction of sp³-hybridized carbons (Fsp3) is 0.636. The molecule has 6 nitrogen and oxygen atoms in total. The van der Waals surface area contributed by atoms with E-state index < -0.39 is 11.5 Å². The highest BCUT2D eigenvalue weighted by molar-refractivity contribution is 5.83. The van der Waals surface area contributed by atoms with Crippen molar-refractivity contribution in [3.63, 3.8) is 0 Å². The SMILES string of the molecule is CCC1CN(C2CCC(C(=O)OC)(c3ccccc3)CC2)CCCN1C(=O)O. The van der Waals surface area contributed by atoms with Crippen LogP contribution in [0.1, 0.15) is 51.0 Å². The first-order valence-corrected chi connectivity index (χ1v) is 10.4. The van der Waals surface area contributed by atoms with Gasteiger partial charge in [0.15, 0.2) is 0 Å². The summed E-state index contributed by atoms with van der Waals surface area (Å²) in [5, 5.41) is 9.50. The van der Waals surface area contributed by atoms with Crippen molar-refractivity contribution < 1.29 is 19.4 Å². The summed E-state index contributed by atoms with van der Waals surface area (Å²) < 4.78 is 5.20. The third kappa shape index (κ3) is 4.02. The minimum Gasteiger partial charge on any atom is -0.468 e. The zero-order chi connectivity index (χ0) is 20.1. The molecule has 1 amide bonds. The molecule has 2 aliphatic rings. The standard InChI is InChI=1S/C22H32N2O4/c1-3-18-16-23(14-7-15-24(18)21(26)27)19-10-12-22(13-11-19,20(25)28-2)17-8-5-4-6-9-17/h4-6,8-9,18-19H,3,7,10-16H2,1-2H3,(H,26,27). The Morgan fingerprint density at radius 1 is 1.18 bits per heavy atom. The zero-order valence-electron chi connectivity index (χ0n) is 17.0. The van der Waals surface area contributed by atoms with E-state index in [1.807, 2.05) is 30.3 Å². The predicted octanol–water partition coefficient (Wildman–Crippen LogP) is 3.50. The van der Waals surface area contributed by atoms with Crippen molar-refractivity contribution in [3.05, 3.63) is 35.9 Å². The molecule has 154 valence electrons. The van der Waals surface area contributed by atoms with Crippen LogP contribution >= 0.6 is 0 Å². The van der Waals surface area contributed by atoms with Crippen LogP contribution in [0, 0.1) is 0 Å². The molecule has 1 aliphatic carbocycles. The van der Waals surface area contributed by atoms with Gasteiger partial charge in [-0.1, -0.05) is 37.3 Å². The Bertz CT molecular complexity index is 670. The van der Waals surface area contributed by atoms with Gasteiger partial charge in [-0.15, -0.1) is 0 Å².